The molecule has 0 aliphatic carbocycles. The average Bonchev–Trinajstić information content (AvgIpc) is 2.10. The molecule has 1 atom stereocenters. The lowest BCUT2D eigenvalue weighted by Gasteiger charge is -2.12. The van der Waals surface area contributed by atoms with Crippen molar-refractivity contribution in [3.63, 3.8) is 0 Å². The number of hydrogen-bond acceptors (Lipinski definition) is 2. The summed E-state index contributed by atoms with van der Waals surface area (Å²) >= 11 is 3.14. The fraction of sp³-hybridized carbons (Fsp3) is 0.333. The normalized spacial score (nSPS) is 12.9. The predicted octanol–water partition coefficient (Wildman–Crippen LogP) is 2.23. The molecule has 0 aromatic heterocycles. The minimum Gasteiger partial charge on any atom is -0.383 e. The monoisotopic (exact) mass is 247 g/mol. The zero-order chi connectivity index (χ0) is 9.84. The van der Waals surface area contributed by atoms with Gasteiger partial charge in [-0.1, -0.05) is 12.1 Å². The van der Waals surface area contributed by atoms with E-state index in [1.54, 1.807) is 19.2 Å². The lowest BCUT2D eigenvalue weighted by atomic mass is 10.1. The van der Waals surface area contributed by atoms with E-state index in [-0.39, 0.29) is 11.9 Å². The van der Waals surface area contributed by atoms with Crippen LogP contribution in [0.3, 0.4) is 0 Å². The molecule has 0 heterocycles. The van der Waals surface area contributed by atoms with E-state index in [0.717, 1.165) is 5.56 Å². The van der Waals surface area contributed by atoms with Gasteiger partial charge >= 0.3 is 0 Å². The first-order valence-electron chi connectivity index (χ1n) is 3.85. The second-order valence-electron chi connectivity index (χ2n) is 2.70. The number of rotatable bonds is 3. The van der Waals surface area contributed by atoms with Crippen LogP contribution < -0.4 is 5.73 Å². The van der Waals surface area contributed by atoms with Crippen molar-refractivity contribution in [2.45, 2.75) is 6.04 Å². The van der Waals surface area contributed by atoms with Crippen molar-refractivity contribution in [1.29, 1.82) is 0 Å². The lowest BCUT2D eigenvalue weighted by Crippen LogP contribution is -2.16. The van der Waals surface area contributed by atoms with Crippen LogP contribution >= 0.6 is 15.9 Å². The Morgan fingerprint density at radius 2 is 2.31 bits per heavy atom. The predicted molar refractivity (Wildman–Crippen MR) is 52.9 cm³/mol. The molecule has 1 aromatic carbocycles. The topological polar surface area (TPSA) is 35.2 Å². The van der Waals surface area contributed by atoms with Gasteiger partial charge in [0.05, 0.1) is 17.1 Å². The van der Waals surface area contributed by atoms with Crippen LogP contribution in [0.5, 0.6) is 0 Å². The van der Waals surface area contributed by atoms with Gasteiger partial charge in [0.25, 0.3) is 0 Å². The number of benzene rings is 1. The molecule has 2 nitrogen and oxygen atoms in total. The molecule has 72 valence electrons. The highest BCUT2D eigenvalue weighted by Crippen LogP contribution is 2.24. The molecule has 13 heavy (non-hydrogen) atoms. The number of hydrogen-bond donors (Lipinski definition) is 1. The molecule has 0 unspecified atom stereocenters. The van der Waals surface area contributed by atoms with Crippen molar-refractivity contribution >= 4 is 15.9 Å². The molecule has 0 fully saturated rings. The third-order valence-electron chi connectivity index (χ3n) is 1.73. The number of nitrogens with two attached hydrogens (primary N) is 1. The fourth-order valence-electron chi connectivity index (χ4n) is 1.08. The highest BCUT2D eigenvalue weighted by molar-refractivity contribution is 9.10. The number of methoxy groups -OCH3 is 1. The third kappa shape index (κ3) is 2.49. The summed E-state index contributed by atoms with van der Waals surface area (Å²) in [5.74, 6) is -0.302. The Labute approximate surface area is 85.0 Å². The Balaban J connectivity index is 2.93. The molecule has 0 radical (unpaired) electrons. The van der Waals surface area contributed by atoms with E-state index in [1.807, 2.05) is 0 Å². The highest BCUT2D eigenvalue weighted by atomic mass is 79.9. The molecule has 0 aliphatic rings. The molecule has 0 bridgehead atoms. The van der Waals surface area contributed by atoms with E-state index in [4.69, 9.17) is 10.5 Å². The van der Waals surface area contributed by atoms with Gasteiger partial charge in [0.2, 0.25) is 0 Å². The van der Waals surface area contributed by atoms with Crippen LogP contribution in [0.15, 0.2) is 22.7 Å². The van der Waals surface area contributed by atoms with E-state index in [0.29, 0.717) is 11.1 Å². The van der Waals surface area contributed by atoms with Crippen LogP contribution in [-0.4, -0.2) is 13.7 Å². The van der Waals surface area contributed by atoms with Gasteiger partial charge in [-0.2, -0.15) is 0 Å². The van der Waals surface area contributed by atoms with Gasteiger partial charge in [-0.25, -0.2) is 4.39 Å². The summed E-state index contributed by atoms with van der Waals surface area (Å²) in [5.41, 5.74) is 6.48. The van der Waals surface area contributed by atoms with Crippen LogP contribution in [0.1, 0.15) is 11.6 Å². The Hall–Kier alpha value is -0.450. The van der Waals surface area contributed by atoms with Gasteiger partial charge < -0.3 is 10.5 Å². The maximum atomic E-state index is 13.0. The molecular formula is C9H11BrFNO. The molecule has 1 aromatic rings. The summed E-state index contributed by atoms with van der Waals surface area (Å²) in [7, 11) is 1.56. The van der Waals surface area contributed by atoms with E-state index >= 15 is 0 Å². The molecule has 0 saturated heterocycles. The van der Waals surface area contributed by atoms with Gasteiger partial charge in [0.1, 0.15) is 5.82 Å². The maximum absolute atomic E-state index is 13.0. The molecule has 0 spiro atoms. The van der Waals surface area contributed by atoms with Crippen molar-refractivity contribution in [2.24, 2.45) is 5.73 Å². The fourth-order valence-corrected chi connectivity index (χ4v) is 1.63. The van der Waals surface area contributed by atoms with E-state index in [1.165, 1.54) is 6.07 Å². The van der Waals surface area contributed by atoms with E-state index < -0.39 is 0 Å². The first kappa shape index (κ1) is 10.6. The van der Waals surface area contributed by atoms with Crippen LogP contribution in [0.2, 0.25) is 0 Å². The lowest BCUT2D eigenvalue weighted by molar-refractivity contribution is 0.180. The second-order valence-corrected chi connectivity index (χ2v) is 3.50. The van der Waals surface area contributed by atoms with Crippen LogP contribution in [0, 0.1) is 5.82 Å². The summed E-state index contributed by atoms with van der Waals surface area (Å²) in [6, 6.07) is 4.49. The van der Waals surface area contributed by atoms with Crippen LogP contribution in [0.25, 0.3) is 0 Å². The van der Waals surface area contributed by atoms with Crippen LogP contribution in [-0.2, 0) is 4.74 Å². The van der Waals surface area contributed by atoms with E-state index in [9.17, 15) is 4.39 Å². The summed E-state index contributed by atoms with van der Waals surface area (Å²) in [6.45, 7) is 0.377. The van der Waals surface area contributed by atoms with Crippen molar-refractivity contribution in [2.75, 3.05) is 13.7 Å². The van der Waals surface area contributed by atoms with Gasteiger partial charge in [0, 0.05) is 7.11 Å². The van der Waals surface area contributed by atoms with Gasteiger partial charge in [-0.15, -0.1) is 0 Å². The Kier molecular flexibility index (Phi) is 3.84. The molecule has 1 rings (SSSR count). The molecule has 4 heteroatoms. The van der Waals surface area contributed by atoms with Gasteiger partial charge in [-0.05, 0) is 27.6 Å². The minimum atomic E-state index is -0.302. The summed E-state index contributed by atoms with van der Waals surface area (Å²) < 4.78 is 18.3. The Morgan fingerprint density at radius 1 is 1.62 bits per heavy atom. The standard InChI is InChI=1S/C9H11BrFNO/c1-13-5-8(12)6-3-2-4-7(11)9(6)10/h2-4,8H,5,12H2,1H3/t8-/m1/s1. The zero-order valence-corrected chi connectivity index (χ0v) is 8.84. The molecule has 2 N–H and O–H groups in total. The number of halogens is 2. The van der Waals surface area contributed by atoms with Crippen molar-refractivity contribution < 1.29 is 9.13 Å². The van der Waals surface area contributed by atoms with Gasteiger partial charge in [0.15, 0.2) is 0 Å². The number of ether oxygens (including phenoxy) is 1. The molecular weight excluding hydrogens is 237 g/mol. The van der Waals surface area contributed by atoms with Crippen LogP contribution in [0.4, 0.5) is 4.39 Å². The average molecular weight is 248 g/mol. The molecule has 0 saturated carbocycles. The Bertz CT molecular complexity index is 293. The first-order valence-corrected chi connectivity index (χ1v) is 4.64. The third-order valence-corrected chi connectivity index (χ3v) is 2.56. The van der Waals surface area contributed by atoms with Crippen molar-refractivity contribution in [3.05, 3.63) is 34.1 Å². The maximum Gasteiger partial charge on any atom is 0.137 e. The molecule has 0 amide bonds. The van der Waals surface area contributed by atoms with Crippen molar-refractivity contribution in [1.82, 2.24) is 0 Å². The largest absolute Gasteiger partial charge is 0.383 e. The van der Waals surface area contributed by atoms with Crippen molar-refractivity contribution in [3.8, 4) is 0 Å². The Morgan fingerprint density at radius 3 is 2.92 bits per heavy atom. The first-order chi connectivity index (χ1) is 6.16. The summed E-state index contributed by atoms with van der Waals surface area (Å²) in [4.78, 5) is 0. The quantitative estimate of drug-likeness (QED) is 0.890. The smallest absolute Gasteiger partial charge is 0.137 e. The van der Waals surface area contributed by atoms with E-state index in [2.05, 4.69) is 15.9 Å². The highest BCUT2D eigenvalue weighted by Gasteiger charge is 2.11. The summed E-state index contributed by atoms with van der Waals surface area (Å²) in [6.07, 6.45) is 0. The molecule has 0 aliphatic heterocycles. The SMILES string of the molecule is COC[C@@H](N)c1cccc(F)c1Br. The minimum absolute atomic E-state index is 0.296. The second kappa shape index (κ2) is 4.69. The zero-order valence-electron chi connectivity index (χ0n) is 7.26. The summed E-state index contributed by atoms with van der Waals surface area (Å²) in [5, 5.41) is 0. The van der Waals surface area contributed by atoms with Gasteiger partial charge in [-0.3, -0.25) is 0 Å².